The van der Waals surface area contributed by atoms with Gasteiger partial charge < -0.3 is 4.57 Å². The van der Waals surface area contributed by atoms with Crippen molar-refractivity contribution in [2.24, 2.45) is 11.8 Å². The monoisotopic (exact) mass is 373 g/mol. The second kappa shape index (κ2) is 7.54. The van der Waals surface area contributed by atoms with Crippen molar-refractivity contribution in [2.45, 2.75) is 60.4 Å². The van der Waals surface area contributed by atoms with E-state index >= 15 is 0 Å². The number of hydrogen-bond donors (Lipinski definition) is 0. The van der Waals surface area contributed by atoms with Gasteiger partial charge in [-0.1, -0.05) is 51.8 Å². The smallest absolute Gasteiger partial charge is 0.160 e. The number of benzene rings is 2. The van der Waals surface area contributed by atoms with E-state index in [1.807, 2.05) is 0 Å². The Morgan fingerprint density at radius 2 is 1.54 bits per heavy atom. The molecule has 2 heterocycles. The van der Waals surface area contributed by atoms with Crippen LogP contribution in [0.5, 0.6) is 0 Å². The fourth-order valence-corrected chi connectivity index (χ4v) is 4.28. The van der Waals surface area contributed by atoms with Gasteiger partial charge in [-0.05, 0) is 61.4 Å². The summed E-state index contributed by atoms with van der Waals surface area (Å²) in [7, 11) is 0. The first-order valence-corrected chi connectivity index (χ1v) is 10.7. The Bertz CT molecular complexity index is 1140. The van der Waals surface area contributed by atoms with E-state index in [0.29, 0.717) is 5.92 Å². The Kier molecular flexibility index (Phi) is 5.09. The predicted octanol–water partition coefficient (Wildman–Crippen LogP) is 6.82. The van der Waals surface area contributed by atoms with Crippen LogP contribution in [0.3, 0.4) is 0 Å². The van der Waals surface area contributed by atoms with Gasteiger partial charge >= 0.3 is 0 Å². The van der Waals surface area contributed by atoms with E-state index in [4.69, 9.17) is 9.97 Å². The van der Waals surface area contributed by atoms with Gasteiger partial charge in [0.1, 0.15) is 5.52 Å². The highest BCUT2D eigenvalue weighted by Crippen LogP contribution is 2.30. The standard InChI is InChI=1S/C25H31N3/c1-6-9-16(2)17(3)12-13-28-23-11-8-7-10-20(23)24-25(28)27-22-15-19(5)18(4)14-21(22)26-24/h7-8,10-11,14-17H,6,9,12-13H2,1-5H3. The molecule has 2 aromatic carbocycles. The van der Waals surface area contributed by atoms with Crippen molar-refractivity contribution in [3.05, 3.63) is 47.5 Å². The molecule has 0 spiro atoms. The first kappa shape index (κ1) is 18.9. The minimum atomic E-state index is 0.703. The van der Waals surface area contributed by atoms with Crippen LogP contribution in [0.25, 0.3) is 33.1 Å². The Morgan fingerprint density at radius 1 is 0.893 bits per heavy atom. The summed E-state index contributed by atoms with van der Waals surface area (Å²) in [6.45, 7) is 12.3. The number of nitrogens with zero attached hydrogens (tertiary/aromatic N) is 3. The third kappa shape index (κ3) is 3.28. The van der Waals surface area contributed by atoms with Crippen LogP contribution in [-0.4, -0.2) is 14.5 Å². The lowest BCUT2D eigenvalue weighted by molar-refractivity contribution is 0.328. The van der Waals surface area contributed by atoms with Gasteiger partial charge in [0.15, 0.2) is 5.65 Å². The summed E-state index contributed by atoms with van der Waals surface area (Å²) >= 11 is 0. The Hall–Kier alpha value is -2.42. The SMILES string of the molecule is CCCC(C)C(C)CCn1c2ccccc2c2nc3cc(C)c(C)cc3nc21. The highest BCUT2D eigenvalue weighted by molar-refractivity contribution is 6.06. The molecule has 0 saturated carbocycles. The van der Waals surface area contributed by atoms with Crippen LogP contribution in [0.2, 0.25) is 0 Å². The van der Waals surface area contributed by atoms with E-state index in [2.05, 4.69) is 75.6 Å². The first-order valence-electron chi connectivity index (χ1n) is 10.7. The quantitative estimate of drug-likeness (QED) is 0.371. The van der Waals surface area contributed by atoms with Gasteiger partial charge in [0.2, 0.25) is 0 Å². The fourth-order valence-electron chi connectivity index (χ4n) is 4.28. The average molecular weight is 374 g/mol. The molecule has 4 rings (SSSR count). The second-order valence-electron chi connectivity index (χ2n) is 8.52. The summed E-state index contributed by atoms with van der Waals surface area (Å²) in [6.07, 6.45) is 3.73. The fraction of sp³-hybridized carbons (Fsp3) is 0.440. The summed E-state index contributed by atoms with van der Waals surface area (Å²) in [5.74, 6) is 1.46. The molecule has 146 valence electrons. The molecule has 0 radical (unpaired) electrons. The van der Waals surface area contributed by atoms with Crippen molar-refractivity contribution in [1.29, 1.82) is 0 Å². The molecule has 0 aliphatic carbocycles. The van der Waals surface area contributed by atoms with Crippen molar-refractivity contribution in [1.82, 2.24) is 14.5 Å². The van der Waals surface area contributed by atoms with Gasteiger partial charge in [-0.2, -0.15) is 0 Å². The van der Waals surface area contributed by atoms with E-state index in [9.17, 15) is 0 Å². The molecule has 0 aliphatic heterocycles. The number of fused-ring (bicyclic) bond motifs is 4. The van der Waals surface area contributed by atoms with E-state index in [1.54, 1.807) is 0 Å². The van der Waals surface area contributed by atoms with Crippen LogP contribution in [0, 0.1) is 25.7 Å². The summed E-state index contributed by atoms with van der Waals surface area (Å²) < 4.78 is 2.39. The molecule has 28 heavy (non-hydrogen) atoms. The predicted molar refractivity (Wildman–Crippen MR) is 120 cm³/mol. The van der Waals surface area contributed by atoms with Crippen LogP contribution in [0.1, 0.15) is 51.2 Å². The molecule has 0 aliphatic rings. The van der Waals surface area contributed by atoms with Crippen LogP contribution in [0.4, 0.5) is 0 Å². The lowest BCUT2D eigenvalue weighted by Gasteiger charge is -2.20. The zero-order valence-corrected chi connectivity index (χ0v) is 17.8. The Labute approximate surface area is 167 Å². The zero-order valence-electron chi connectivity index (χ0n) is 17.8. The molecule has 0 fully saturated rings. The lowest BCUT2D eigenvalue weighted by atomic mass is 9.89. The number of hydrogen-bond acceptors (Lipinski definition) is 2. The Morgan fingerprint density at radius 3 is 2.25 bits per heavy atom. The molecular formula is C25H31N3. The normalized spacial score (nSPS) is 14.2. The molecule has 0 bridgehead atoms. The summed E-state index contributed by atoms with van der Waals surface area (Å²) in [5, 5.41) is 1.21. The van der Waals surface area contributed by atoms with Gasteiger partial charge in [0, 0.05) is 11.9 Å². The van der Waals surface area contributed by atoms with Crippen molar-refractivity contribution >= 4 is 33.1 Å². The third-order valence-electron chi connectivity index (χ3n) is 6.49. The third-order valence-corrected chi connectivity index (χ3v) is 6.49. The summed E-state index contributed by atoms with van der Waals surface area (Å²) in [5.41, 5.74) is 7.81. The molecular weight excluding hydrogens is 342 g/mol. The van der Waals surface area contributed by atoms with Gasteiger partial charge in [-0.15, -0.1) is 0 Å². The van der Waals surface area contributed by atoms with Gasteiger partial charge in [-0.25, -0.2) is 9.97 Å². The maximum Gasteiger partial charge on any atom is 0.160 e. The second-order valence-corrected chi connectivity index (χ2v) is 8.52. The average Bonchev–Trinajstić information content (AvgIpc) is 2.98. The first-order chi connectivity index (χ1) is 13.5. The molecule has 2 atom stereocenters. The lowest BCUT2D eigenvalue weighted by Crippen LogP contribution is -2.11. The molecule has 2 unspecified atom stereocenters. The molecule has 4 aromatic rings. The maximum absolute atomic E-state index is 5.08. The zero-order chi connectivity index (χ0) is 19.8. The number of rotatable bonds is 6. The molecule has 0 amide bonds. The van der Waals surface area contributed by atoms with Crippen LogP contribution < -0.4 is 0 Å². The number of aromatic nitrogens is 3. The van der Waals surface area contributed by atoms with E-state index in [-0.39, 0.29) is 0 Å². The molecule has 3 heteroatoms. The topological polar surface area (TPSA) is 30.7 Å². The van der Waals surface area contributed by atoms with Crippen molar-refractivity contribution < 1.29 is 0 Å². The largest absolute Gasteiger partial charge is 0.324 e. The maximum atomic E-state index is 5.08. The summed E-state index contributed by atoms with van der Waals surface area (Å²) in [4.78, 5) is 10.1. The van der Waals surface area contributed by atoms with Crippen LogP contribution in [-0.2, 0) is 6.54 Å². The van der Waals surface area contributed by atoms with Crippen molar-refractivity contribution in [3.63, 3.8) is 0 Å². The highest BCUT2D eigenvalue weighted by atomic mass is 15.1. The molecule has 2 aromatic heterocycles. The minimum absolute atomic E-state index is 0.703. The minimum Gasteiger partial charge on any atom is -0.324 e. The van der Waals surface area contributed by atoms with Gasteiger partial charge in [0.25, 0.3) is 0 Å². The highest BCUT2D eigenvalue weighted by Gasteiger charge is 2.17. The van der Waals surface area contributed by atoms with E-state index in [1.165, 1.54) is 41.3 Å². The van der Waals surface area contributed by atoms with Crippen LogP contribution in [0.15, 0.2) is 36.4 Å². The van der Waals surface area contributed by atoms with Crippen LogP contribution >= 0.6 is 0 Å². The van der Waals surface area contributed by atoms with E-state index < -0.39 is 0 Å². The van der Waals surface area contributed by atoms with Gasteiger partial charge in [0.05, 0.1) is 16.6 Å². The Balaban J connectivity index is 1.83. The number of para-hydroxylation sites is 1. The van der Waals surface area contributed by atoms with Crippen molar-refractivity contribution in [2.75, 3.05) is 0 Å². The molecule has 3 nitrogen and oxygen atoms in total. The number of aryl methyl sites for hydroxylation is 3. The van der Waals surface area contributed by atoms with Crippen molar-refractivity contribution in [3.8, 4) is 0 Å². The summed E-state index contributed by atoms with van der Waals surface area (Å²) in [6, 6.07) is 12.9. The molecule has 0 N–H and O–H groups in total. The molecule has 0 saturated heterocycles. The van der Waals surface area contributed by atoms with E-state index in [0.717, 1.165) is 34.7 Å². The van der Waals surface area contributed by atoms with Gasteiger partial charge in [-0.3, -0.25) is 0 Å².